The van der Waals surface area contributed by atoms with Crippen LogP contribution in [0.1, 0.15) is 0 Å². The Kier molecular flexibility index (Phi) is 4.83. The largest absolute Gasteiger partial charge is 0.469 e. The van der Waals surface area contributed by atoms with E-state index in [1.54, 1.807) is 0 Å². The third-order valence-electron chi connectivity index (χ3n) is 0.928. The molecule has 0 radical (unpaired) electrons. The summed E-state index contributed by atoms with van der Waals surface area (Å²) in [5.41, 5.74) is 0.225. The molecule has 0 rings (SSSR count). The SMILES string of the molecule is C#C/C(=C\COP(=O)(O)O)CO. The smallest absolute Gasteiger partial charge is 0.391 e. The van der Waals surface area contributed by atoms with Crippen molar-refractivity contribution in [1.29, 1.82) is 0 Å². The molecule has 0 heterocycles. The highest BCUT2D eigenvalue weighted by Crippen LogP contribution is 2.35. The number of terminal acetylenes is 1. The molecule has 0 aromatic rings. The van der Waals surface area contributed by atoms with Crippen LogP contribution in [0.4, 0.5) is 0 Å². The maximum Gasteiger partial charge on any atom is 0.469 e. The third-order valence-corrected chi connectivity index (χ3v) is 1.41. The fourth-order valence-electron chi connectivity index (χ4n) is 0.404. The molecular formula is C6H9O5P. The molecule has 0 spiro atoms. The maximum atomic E-state index is 10.1. The van der Waals surface area contributed by atoms with E-state index in [2.05, 4.69) is 10.4 Å². The highest BCUT2D eigenvalue weighted by Gasteiger charge is 2.11. The third kappa shape index (κ3) is 6.10. The predicted molar refractivity (Wildman–Crippen MR) is 42.0 cm³/mol. The number of phosphoric ester groups is 1. The van der Waals surface area contributed by atoms with Gasteiger partial charge < -0.3 is 14.9 Å². The lowest BCUT2D eigenvalue weighted by atomic mass is 10.3. The van der Waals surface area contributed by atoms with Gasteiger partial charge >= 0.3 is 7.82 Å². The minimum Gasteiger partial charge on any atom is -0.391 e. The van der Waals surface area contributed by atoms with Gasteiger partial charge in [-0.3, -0.25) is 4.52 Å². The van der Waals surface area contributed by atoms with E-state index in [4.69, 9.17) is 21.3 Å². The van der Waals surface area contributed by atoms with E-state index < -0.39 is 7.82 Å². The number of aliphatic hydroxyl groups is 1. The van der Waals surface area contributed by atoms with Crippen molar-refractivity contribution >= 4 is 7.82 Å². The second kappa shape index (κ2) is 5.09. The van der Waals surface area contributed by atoms with E-state index in [1.807, 2.05) is 0 Å². The lowest BCUT2D eigenvalue weighted by Crippen LogP contribution is -1.92. The number of rotatable bonds is 4. The Morgan fingerprint density at radius 2 is 2.25 bits per heavy atom. The van der Waals surface area contributed by atoms with E-state index >= 15 is 0 Å². The Morgan fingerprint density at radius 3 is 2.58 bits per heavy atom. The summed E-state index contributed by atoms with van der Waals surface area (Å²) in [4.78, 5) is 16.4. The fraction of sp³-hybridized carbons (Fsp3) is 0.333. The molecular weight excluding hydrogens is 183 g/mol. The monoisotopic (exact) mass is 192 g/mol. The predicted octanol–water partition coefficient (Wildman–Crippen LogP) is -0.352. The van der Waals surface area contributed by atoms with Crippen LogP contribution in [0.25, 0.3) is 0 Å². The molecule has 0 aliphatic rings. The molecule has 0 amide bonds. The molecule has 0 fully saturated rings. The molecule has 0 aromatic heterocycles. The van der Waals surface area contributed by atoms with Gasteiger partial charge in [0.25, 0.3) is 0 Å². The molecule has 0 aliphatic heterocycles. The van der Waals surface area contributed by atoms with Gasteiger partial charge in [0.2, 0.25) is 0 Å². The lowest BCUT2D eigenvalue weighted by molar-refractivity contribution is 0.215. The van der Waals surface area contributed by atoms with Gasteiger partial charge in [0, 0.05) is 5.57 Å². The first kappa shape index (κ1) is 11.4. The second-order valence-corrected chi connectivity index (χ2v) is 3.06. The van der Waals surface area contributed by atoms with Crippen molar-refractivity contribution < 1.29 is 24.0 Å². The molecule has 68 valence electrons. The Hall–Kier alpha value is -0.630. The summed E-state index contributed by atoms with van der Waals surface area (Å²) in [7, 11) is -4.44. The Bertz CT molecular complexity index is 245. The first-order valence-electron chi connectivity index (χ1n) is 2.96. The summed E-state index contributed by atoms with van der Waals surface area (Å²) >= 11 is 0. The van der Waals surface area contributed by atoms with Crippen LogP contribution in [0, 0.1) is 12.3 Å². The molecule has 5 nitrogen and oxygen atoms in total. The highest BCUT2D eigenvalue weighted by atomic mass is 31.2. The fourth-order valence-corrected chi connectivity index (χ4v) is 0.673. The second-order valence-electron chi connectivity index (χ2n) is 1.82. The Balaban J connectivity index is 3.91. The summed E-state index contributed by atoms with van der Waals surface area (Å²) < 4.78 is 14.2. The normalized spacial score (nSPS) is 12.7. The zero-order valence-electron chi connectivity index (χ0n) is 6.17. The first-order chi connectivity index (χ1) is 5.49. The number of aliphatic hydroxyl groups excluding tert-OH is 1. The van der Waals surface area contributed by atoms with E-state index in [1.165, 1.54) is 6.08 Å². The standard InChI is InChI=1S/C6H9O5P/c1-2-6(5-7)3-4-11-12(8,9)10/h1,3,7H,4-5H2,(H2,8,9,10)/b6-3+. The highest BCUT2D eigenvalue weighted by molar-refractivity contribution is 7.46. The topological polar surface area (TPSA) is 87.0 Å². The summed E-state index contributed by atoms with van der Waals surface area (Å²) in [6.45, 7) is -0.661. The van der Waals surface area contributed by atoms with Gasteiger partial charge in [-0.05, 0) is 6.08 Å². The summed E-state index contributed by atoms with van der Waals surface area (Å²) in [6.07, 6.45) is 6.13. The van der Waals surface area contributed by atoms with Crippen molar-refractivity contribution in [2.45, 2.75) is 0 Å². The molecule has 0 saturated heterocycles. The van der Waals surface area contributed by atoms with E-state index in [9.17, 15) is 4.57 Å². The van der Waals surface area contributed by atoms with E-state index in [0.29, 0.717) is 0 Å². The molecule has 0 aromatic carbocycles. The molecule has 6 heteroatoms. The van der Waals surface area contributed by atoms with Crippen molar-refractivity contribution in [3.8, 4) is 12.3 Å². The van der Waals surface area contributed by atoms with Crippen LogP contribution < -0.4 is 0 Å². The molecule has 0 unspecified atom stereocenters. The molecule has 3 N–H and O–H groups in total. The van der Waals surface area contributed by atoms with Gasteiger partial charge in [0.1, 0.15) is 0 Å². The minimum atomic E-state index is -4.44. The summed E-state index contributed by atoms with van der Waals surface area (Å²) in [5.74, 6) is 2.12. The Labute approximate surface area is 69.9 Å². The van der Waals surface area contributed by atoms with Crippen molar-refractivity contribution in [3.05, 3.63) is 11.6 Å². The van der Waals surface area contributed by atoms with Gasteiger partial charge in [-0.1, -0.05) is 5.92 Å². The van der Waals surface area contributed by atoms with Crippen molar-refractivity contribution in [2.75, 3.05) is 13.2 Å². The number of phosphoric acid groups is 1. The van der Waals surface area contributed by atoms with Crippen LogP contribution in [0.2, 0.25) is 0 Å². The van der Waals surface area contributed by atoms with Crippen molar-refractivity contribution in [3.63, 3.8) is 0 Å². The van der Waals surface area contributed by atoms with Gasteiger partial charge in [0.15, 0.2) is 0 Å². The van der Waals surface area contributed by atoms with E-state index in [-0.39, 0.29) is 18.8 Å². The van der Waals surface area contributed by atoms with Gasteiger partial charge in [-0.25, -0.2) is 4.57 Å². The first-order valence-corrected chi connectivity index (χ1v) is 4.49. The zero-order chi connectivity index (χ0) is 9.61. The molecule has 0 aliphatic carbocycles. The van der Waals surface area contributed by atoms with Crippen LogP contribution in [0.15, 0.2) is 11.6 Å². The van der Waals surface area contributed by atoms with Gasteiger partial charge in [0.05, 0.1) is 13.2 Å². The van der Waals surface area contributed by atoms with Crippen LogP contribution in [-0.2, 0) is 9.09 Å². The molecule has 0 atom stereocenters. The molecule has 12 heavy (non-hydrogen) atoms. The van der Waals surface area contributed by atoms with Crippen molar-refractivity contribution in [1.82, 2.24) is 0 Å². The van der Waals surface area contributed by atoms with Gasteiger partial charge in [-0.2, -0.15) is 0 Å². The van der Waals surface area contributed by atoms with Gasteiger partial charge in [-0.15, -0.1) is 6.42 Å². The Morgan fingerprint density at radius 1 is 1.67 bits per heavy atom. The summed E-state index contributed by atoms with van der Waals surface area (Å²) in [6, 6.07) is 0. The average Bonchev–Trinajstić information content (AvgIpc) is 1.96. The average molecular weight is 192 g/mol. The van der Waals surface area contributed by atoms with E-state index in [0.717, 1.165) is 0 Å². The lowest BCUT2D eigenvalue weighted by Gasteiger charge is -2.01. The molecule has 0 saturated carbocycles. The van der Waals surface area contributed by atoms with Crippen molar-refractivity contribution in [2.24, 2.45) is 0 Å². The molecule has 0 bridgehead atoms. The summed E-state index contributed by atoms with van der Waals surface area (Å²) in [5, 5.41) is 8.50. The zero-order valence-corrected chi connectivity index (χ0v) is 7.07. The maximum absolute atomic E-state index is 10.1. The van der Waals surface area contributed by atoms with Crippen LogP contribution in [0.5, 0.6) is 0 Å². The van der Waals surface area contributed by atoms with Crippen LogP contribution >= 0.6 is 7.82 Å². The number of hydrogen-bond acceptors (Lipinski definition) is 3. The minimum absolute atomic E-state index is 0.225. The quantitative estimate of drug-likeness (QED) is 0.418. The van der Waals surface area contributed by atoms with Crippen LogP contribution in [0.3, 0.4) is 0 Å². The van der Waals surface area contributed by atoms with Crippen LogP contribution in [-0.4, -0.2) is 28.1 Å². The number of hydrogen-bond donors (Lipinski definition) is 3.